The number of fused-ring (bicyclic) bond motifs is 5. The van der Waals surface area contributed by atoms with Crippen LogP contribution in [0, 0.1) is 34.9 Å². The van der Waals surface area contributed by atoms with Crippen LogP contribution in [0.2, 0.25) is 0 Å². The molecule has 0 aromatic heterocycles. The molecule has 1 aliphatic heterocycles. The van der Waals surface area contributed by atoms with Crippen molar-refractivity contribution in [1.29, 1.82) is 5.26 Å². The predicted molar refractivity (Wildman–Crippen MR) is 122 cm³/mol. The van der Waals surface area contributed by atoms with Crippen LogP contribution in [-0.2, 0) is 16.0 Å². The van der Waals surface area contributed by atoms with E-state index in [4.69, 9.17) is 5.26 Å². The molecule has 4 atom stereocenters. The minimum atomic E-state index is -4.83. The quantitative estimate of drug-likeness (QED) is 0.402. The van der Waals surface area contributed by atoms with Crippen LogP contribution in [0.5, 0.6) is 0 Å². The molecular formula is C23H22F4N2O4S2. The van der Waals surface area contributed by atoms with Gasteiger partial charge in [-0.1, -0.05) is 0 Å². The zero-order valence-electron chi connectivity index (χ0n) is 18.2. The Bertz CT molecular complexity index is 1320. The molecule has 1 saturated heterocycles. The Kier molecular flexibility index (Phi) is 5.45. The number of rotatable bonds is 4. The maximum absolute atomic E-state index is 13.6. The molecule has 5 rings (SSSR count). The Labute approximate surface area is 201 Å². The second kappa shape index (κ2) is 7.83. The van der Waals surface area contributed by atoms with Crippen molar-refractivity contribution >= 4 is 26.3 Å². The number of hydrogen-bond acceptors (Lipinski definition) is 6. The Hall–Kier alpha value is -2.33. The highest BCUT2D eigenvalue weighted by Gasteiger charge is 2.71. The summed E-state index contributed by atoms with van der Waals surface area (Å²) in [5, 5.41) is 9.10. The smallest absolute Gasteiger partial charge is 0.281 e. The zero-order valence-corrected chi connectivity index (χ0v) is 19.9. The number of halogens is 4. The number of anilines is 1. The molecule has 0 spiro atoms. The van der Waals surface area contributed by atoms with Crippen LogP contribution >= 0.6 is 10.8 Å². The lowest BCUT2D eigenvalue weighted by atomic mass is 9.79. The highest BCUT2D eigenvalue weighted by atomic mass is 32.3. The van der Waals surface area contributed by atoms with Gasteiger partial charge in [0.2, 0.25) is 0 Å². The highest BCUT2D eigenvalue weighted by Crippen LogP contribution is 2.76. The summed E-state index contributed by atoms with van der Waals surface area (Å²) < 4.78 is 104. The Morgan fingerprint density at radius 2 is 1.83 bits per heavy atom. The molecule has 3 aliphatic rings. The molecule has 2 N–H and O–H groups in total. The van der Waals surface area contributed by atoms with Crippen LogP contribution in [0.1, 0.15) is 30.4 Å². The van der Waals surface area contributed by atoms with Crippen LogP contribution in [0.4, 0.5) is 23.2 Å². The number of alkyl halides is 3. The molecule has 2 aromatic rings. The average molecular weight is 531 g/mol. The van der Waals surface area contributed by atoms with Gasteiger partial charge in [0.05, 0.1) is 33.5 Å². The van der Waals surface area contributed by atoms with Gasteiger partial charge < -0.3 is 0 Å². The van der Waals surface area contributed by atoms with Crippen molar-refractivity contribution in [3.05, 3.63) is 59.4 Å². The molecule has 188 valence electrons. The number of hydrogen-bond donors (Lipinski definition) is 2. The molecular weight excluding hydrogens is 508 g/mol. The second-order valence-corrected chi connectivity index (χ2v) is 13.7. The van der Waals surface area contributed by atoms with E-state index in [1.54, 1.807) is 0 Å². The van der Waals surface area contributed by atoms with E-state index < -0.39 is 60.2 Å². The summed E-state index contributed by atoms with van der Waals surface area (Å²) in [5.41, 5.74) is -1.91. The lowest BCUT2D eigenvalue weighted by Crippen LogP contribution is -2.50. The van der Waals surface area contributed by atoms with E-state index in [1.807, 2.05) is 0 Å². The fourth-order valence-corrected chi connectivity index (χ4v) is 11.7. The molecule has 2 saturated carbocycles. The Balaban J connectivity index is 1.60. The van der Waals surface area contributed by atoms with Crippen LogP contribution in [0.25, 0.3) is 0 Å². The average Bonchev–Trinajstić information content (AvgIpc) is 3.43. The molecule has 0 amide bonds. The first-order valence-corrected chi connectivity index (χ1v) is 14.1. The fraction of sp³-hybridized carbons (Fsp3) is 0.435. The number of nitrogens with zero attached hydrogens (tertiary/aromatic N) is 2. The van der Waals surface area contributed by atoms with Gasteiger partial charge in [0.15, 0.2) is 9.84 Å². The van der Waals surface area contributed by atoms with E-state index in [2.05, 4.69) is 0 Å². The monoisotopic (exact) mass is 530 g/mol. The van der Waals surface area contributed by atoms with Crippen molar-refractivity contribution in [1.82, 2.24) is 0 Å². The van der Waals surface area contributed by atoms with Crippen LogP contribution in [0.15, 0.2) is 47.4 Å². The van der Waals surface area contributed by atoms with Gasteiger partial charge in [-0.15, -0.1) is 10.8 Å². The Morgan fingerprint density at radius 1 is 1.14 bits per heavy atom. The fourth-order valence-electron chi connectivity index (χ4n) is 6.34. The maximum atomic E-state index is 13.6. The van der Waals surface area contributed by atoms with Gasteiger partial charge in [-0.3, -0.25) is 13.4 Å². The summed E-state index contributed by atoms with van der Waals surface area (Å²) in [5.74, 6) is -1.98. The van der Waals surface area contributed by atoms with Crippen LogP contribution in [0.3, 0.4) is 0 Å². The molecule has 2 aliphatic carbocycles. The minimum absolute atomic E-state index is 0.00830. The minimum Gasteiger partial charge on any atom is -0.281 e. The van der Waals surface area contributed by atoms with Gasteiger partial charge in [-0.05, 0) is 73.6 Å². The summed E-state index contributed by atoms with van der Waals surface area (Å²) in [6.07, 6.45) is -2.85. The van der Waals surface area contributed by atoms with Gasteiger partial charge in [0.1, 0.15) is 10.6 Å². The number of sulfone groups is 1. The third kappa shape index (κ3) is 3.55. The van der Waals surface area contributed by atoms with Gasteiger partial charge in [0, 0.05) is 12.5 Å². The second-order valence-electron chi connectivity index (χ2n) is 9.46. The van der Waals surface area contributed by atoms with E-state index in [0.29, 0.717) is 12.8 Å². The van der Waals surface area contributed by atoms with Gasteiger partial charge in [-0.25, -0.2) is 12.8 Å². The van der Waals surface area contributed by atoms with Crippen molar-refractivity contribution in [3.63, 3.8) is 0 Å². The van der Waals surface area contributed by atoms with Crippen LogP contribution < -0.4 is 4.31 Å². The molecule has 6 nitrogen and oxygen atoms in total. The standard InChI is InChI=1S/C23H22F4N2O4S2/c24-17-4-7-19(8-5-17)34(30,31)13-22-16-3-1-14(9-16)21(22)12-29(35(22,32)33)18-6-2-15(11-28)20(10-18)23(25,26)27/h2,4-8,10,14,16,21,32-33H,1,3,9,12-13H2/t14-,16+,21-,22+/m0/s1. The zero-order chi connectivity index (χ0) is 25.4. The third-order valence-electron chi connectivity index (χ3n) is 7.85. The van der Waals surface area contributed by atoms with Gasteiger partial charge in [0.25, 0.3) is 0 Å². The van der Waals surface area contributed by atoms with Gasteiger partial charge >= 0.3 is 6.18 Å². The van der Waals surface area contributed by atoms with Crippen molar-refractivity contribution < 1.29 is 35.1 Å². The highest BCUT2D eigenvalue weighted by molar-refractivity contribution is 8.27. The van der Waals surface area contributed by atoms with Gasteiger partial charge in [-0.2, -0.15) is 18.4 Å². The van der Waals surface area contributed by atoms with E-state index in [0.717, 1.165) is 47.1 Å². The van der Waals surface area contributed by atoms with Crippen molar-refractivity contribution in [3.8, 4) is 6.07 Å². The SMILES string of the molecule is N#Cc1ccc(N2C[C@H]3[C@H]4CC[C@H](C4)[C@@]3(CS(=O)(=O)c3ccc(F)cc3)S2(O)O)cc1C(F)(F)F. The summed E-state index contributed by atoms with van der Waals surface area (Å²) in [4.78, 5) is -0.152. The van der Waals surface area contributed by atoms with E-state index in [-0.39, 0.29) is 29.0 Å². The van der Waals surface area contributed by atoms with E-state index in [1.165, 1.54) is 12.1 Å². The van der Waals surface area contributed by atoms with E-state index in [9.17, 15) is 35.1 Å². The largest absolute Gasteiger partial charge is 0.417 e. The summed E-state index contributed by atoms with van der Waals surface area (Å²) in [7, 11) is -7.99. The maximum Gasteiger partial charge on any atom is 0.417 e. The third-order valence-corrected chi connectivity index (χ3v) is 12.7. The molecule has 12 heteroatoms. The molecule has 35 heavy (non-hydrogen) atoms. The molecule has 3 fully saturated rings. The first kappa shape index (κ1) is 24.4. The summed E-state index contributed by atoms with van der Waals surface area (Å²) in [6, 6.07) is 8.71. The lowest BCUT2D eigenvalue weighted by molar-refractivity contribution is -0.137. The summed E-state index contributed by atoms with van der Waals surface area (Å²) in [6.45, 7) is -0.00830. The molecule has 0 unspecified atom stereocenters. The van der Waals surface area contributed by atoms with Crippen molar-refractivity contribution in [2.45, 2.75) is 35.1 Å². The number of nitriles is 1. The van der Waals surface area contributed by atoms with Crippen molar-refractivity contribution in [2.24, 2.45) is 17.8 Å². The molecule has 0 radical (unpaired) electrons. The van der Waals surface area contributed by atoms with Crippen molar-refractivity contribution in [2.75, 3.05) is 16.6 Å². The normalized spacial score (nSPS) is 30.2. The first-order chi connectivity index (χ1) is 16.3. The predicted octanol–water partition coefficient (Wildman–Crippen LogP) is 5.46. The number of benzene rings is 2. The molecule has 2 aromatic carbocycles. The lowest BCUT2D eigenvalue weighted by Gasteiger charge is -2.52. The summed E-state index contributed by atoms with van der Waals surface area (Å²) >= 11 is 0. The van der Waals surface area contributed by atoms with E-state index >= 15 is 0 Å². The Morgan fingerprint density at radius 3 is 2.46 bits per heavy atom. The topological polar surface area (TPSA) is 102 Å². The first-order valence-electron chi connectivity index (χ1n) is 11.0. The molecule has 2 bridgehead atoms. The van der Waals surface area contributed by atoms with Crippen LogP contribution in [-0.4, -0.2) is 34.6 Å². The molecule has 1 heterocycles.